The number of amidine groups is 1. The fraction of sp³-hybridized carbons (Fsp3) is 0.400. The van der Waals surface area contributed by atoms with Crippen molar-refractivity contribution in [3.05, 3.63) is 28.7 Å². The normalized spacial score (nSPS) is 25.4. The standard InChI is InChI=1S/C15H15BrN2O6S2/c16-9-2-1-3-10(4-9)18-11-7-26(22,23)8-12(11)25-15(18)17-13(19)5-24-6-14(20)21/h1-4,11-12H,5-8H2,(H,20,21)/t11-,12-/m1/s1. The summed E-state index contributed by atoms with van der Waals surface area (Å²) in [5.74, 6) is -1.75. The van der Waals surface area contributed by atoms with Crippen molar-refractivity contribution < 1.29 is 27.9 Å². The van der Waals surface area contributed by atoms with Crippen molar-refractivity contribution in [1.29, 1.82) is 0 Å². The molecule has 0 radical (unpaired) electrons. The number of carbonyl (C=O) groups excluding carboxylic acids is 1. The minimum absolute atomic E-state index is 0.0000946. The van der Waals surface area contributed by atoms with Crippen LogP contribution in [0.1, 0.15) is 0 Å². The first kappa shape index (κ1) is 19.3. The Balaban J connectivity index is 1.85. The van der Waals surface area contributed by atoms with Crippen LogP contribution in [0.3, 0.4) is 0 Å². The number of carboxylic acid groups (broad SMARTS) is 1. The Morgan fingerprint density at radius 1 is 1.35 bits per heavy atom. The van der Waals surface area contributed by atoms with Crippen LogP contribution >= 0.6 is 27.7 Å². The SMILES string of the molecule is O=C(O)COCC(=O)N=C1S[C@@H]2CS(=O)(=O)C[C@H]2N1c1cccc(Br)c1. The van der Waals surface area contributed by atoms with Crippen molar-refractivity contribution in [2.75, 3.05) is 29.6 Å². The molecule has 8 nitrogen and oxygen atoms in total. The lowest BCUT2D eigenvalue weighted by Crippen LogP contribution is -2.37. The van der Waals surface area contributed by atoms with E-state index in [0.717, 1.165) is 10.2 Å². The van der Waals surface area contributed by atoms with Crippen LogP contribution in [0.2, 0.25) is 0 Å². The number of sulfone groups is 1. The summed E-state index contributed by atoms with van der Waals surface area (Å²) in [4.78, 5) is 28.2. The van der Waals surface area contributed by atoms with Gasteiger partial charge in [-0.15, -0.1) is 0 Å². The zero-order valence-corrected chi connectivity index (χ0v) is 16.6. The number of carboxylic acids is 1. The molecule has 1 aromatic rings. The van der Waals surface area contributed by atoms with Gasteiger partial charge in [0.1, 0.15) is 13.2 Å². The summed E-state index contributed by atoms with van der Waals surface area (Å²) >= 11 is 4.64. The van der Waals surface area contributed by atoms with Crippen LogP contribution in [0.4, 0.5) is 5.69 Å². The largest absolute Gasteiger partial charge is 0.480 e. The summed E-state index contributed by atoms with van der Waals surface area (Å²) in [6, 6.07) is 7.01. The summed E-state index contributed by atoms with van der Waals surface area (Å²) in [5.41, 5.74) is 0.731. The smallest absolute Gasteiger partial charge is 0.329 e. The molecule has 2 heterocycles. The first-order valence-corrected chi connectivity index (χ1v) is 11.1. The molecule has 0 aliphatic carbocycles. The van der Waals surface area contributed by atoms with Crippen LogP contribution in [-0.2, 0) is 24.2 Å². The van der Waals surface area contributed by atoms with Crippen LogP contribution < -0.4 is 4.90 Å². The van der Waals surface area contributed by atoms with Crippen molar-refractivity contribution in [3.63, 3.8) is 0 Å². The topological polar surface area (TPSA) is 113 Å². The average Bonchev–Trinajstić information content (AvgIpc) is 2.97. The van der Waals surface area contributed by atoms with E-state index >= 15 is 0 Å². The van der Waals surface area contributed by atoms with Gasteiger partial charge in [0, 0.05) is 15.4 Å². The van der Waals surface area contributed by atoms with E-state index in [-0.39, 0.29) is 22.8 Å². The molecule has 11 heteroatoms. The third-order valence-electron chi connectivity index (χ3n) is 3.82. The number of carbonyl (C=O) groups is 2. The molecule has 140 valence electrons. The van der Waals surface area contributed by atoms with E-state index in [9.17, 15) is 18.0 Å². The van der Waals surface area contributed by atoms with E-state index in [1.807, 2.05) is 24.3 Å². The summed E-state index contributed by atoms with van der Waals surface area (Å²) in [6.45, 7) is -1.03. The van der Waals surface area contributed by atoms with Crippen molar-refractivity contribution in [2.45, 2.75) is 11.3 Å². The molecule has 2 aliphatic heterocycles. The number of rotatable bonds is 5. The molecule has 2 aliphatic rings. The van der Waals surface area contributed by atoms with Gasteiger partial charge in [0.2, 0.25) is 0 Å². The number of halogens is 1. The lowest BCUT2D eigenvalue weighted by molar-refractivity contribution is -0.143. The number of aliphatic carboxylic acids is 1. The van der Waals surface area contributed by atoms with E-state index in [4.69, 9.17) is 9.84 Å². The number of benzene rings is 1. The molecule has 2 saturated heterocycles. The lowest BCUT2D eigenvalue weighted by atomic mass is 10.2. The van der Waals surface area contributed by atoms with E-state index in [0.29, 0.717) is 5.17 Å². The Morgan fingerprint density at radius 3 is 2.81 bits per heavy atom. The molecule has 2 atom stereocenters. The third kappa shape index (κ3) is 4.45. The van der Waals surface area contributed by atoms with Gasteiger partial charge in [0.15, 0.2) is 15.0 Å². The number of nitrogens with zero attached hydrogens (tertiary/aromatic N) is 2. The Kier molecular flexibility index (Phi) is 5.70. The summed E-state index contributed by atoms with van der Waals surface area (Å²) in [5, 5.41) is 8.74. The molecule has 0 unspecified atom stereocenters. The van der Waals surface area contributed by atoms with Crippen molar-refractivity contribution in [2.24, 2.45) is 4.99 Å². The van der Waals surface area contributed by atoms with Gasteiger partial charge in [-0.05, 0) is 18.2 Å². The Labute approximate surface area is 162 Å². The maximum atomic E-state index is 12.0. The molecular weight excluding hydrogens is 448 g/mol. The number of anilines is 1. The summed E-state index contributed by atoms with van der Waals surface area (Å²) < 4.78 is 29.6. The maximum Gasteiger partial charge on any atom is 0.329 e. The van der Waals surface area contributed by atoms with E-state index in [1.165, 1.54) is 11.8 Å². The van der Waals surface area contributed by atoms with E-state index in [1.54, 1.807) is 4.90 Å². The molecule has 26 heavy (non-hydrogen) atoms. The molecule has 0 saturated carbocycles. The number of thioether (sulfide) groups is 1. The van der Waals surface area contributed by atoms with E-state index < -0.39 is 34.9 Å². The number of fused-ring (bicyclic) bond motifs is 1. The molecule has 1 N–H and O–H groups in total. The molecular formula is C15H15BrN2O6S2. The van der Waals surface area contributed by atoms with Crippen LogP contribution in [-0.4, -0.2) is 66.6 Å². The van der Waals surface area contributed by atoms with Gasteiger partial charge in [-0.1, -0.05) is 33.8 Å². The van der Waals surface area contributed by atoms with Gasteiger partial charge < -0.3 is 14.7 Å². The van der Waals surface area contributed by atoms with Crippen molar-refractivity contribution in [3.8, 4) is 0 Å². The highest BCUT2D eigenvalue weighted by Gasteiger charge is 2.49. The molecule has 0 bridgehead atoms. The minimum Gasteiger partial charge on any atom is -0.480 e. The molecule has 0 aromatic heterocycles. The highest BCUT2D eigenvalue weighted by atomic mass is 79.9. The van der Waals surface area contributed by atoms with Crippen molar-refractivity contribution >= 4 is 60.3 Å². The van der Waals surface area contributed by atoms with Gasteiger partial charge in [0.25, 0.3) is 5.91 Å². The first-order chi connectivity index (χ1) is 12.2. The fourth-order valence-electron chi connectivity index (χ4n) is 2.86. The zero-order chi connectivity index (χ0) is 18.9. The molecule has 3 rings (SSSR count). The van der Waals surface area contributed by atoms with Crippen molar-refractivity contribution in [1.82, 2.24) is 0 Å². The first-order valence-electron chi connectivity index (χ1n) is 7.58. The van der Waals surface area contributed by atoms with Crippen LogP contribution in [0.5, 0.6) is 0 Å². The lowest BCUT2D eigenvalue weighted by Gasteiger charge is -2.24. The molecule has 1 aromatic carbocycles. The number of amides is 1. The molecule has 2 fully saturated rings. The average molecular weight is 463 g/mol. The second-order valence-corrected chi connectivity index (χ2v) is 10.1. The maximum absolute atomic E-state index is 12.0. The number of aliphatic imine (C=N–C) groups is 1. The highest BCUT2D eigenvalue weighted by Crippen LogP contribution is 2.41. The van der Waals surface area contributed by atoms with Gasteiger partial charge >= 0.3 is 5.97 Å². The number of ether oxygens (including phenoxy) is 1. The monoisotopic (exact) mass is 462 g/mol. The predicted octanol–water partition coefficient (Wildman–Crippen LogP) is 1.15. The van der Waals surface area contributed by atoms with E-state index in [2.05, 4.69) is 20.9 Å². The number of hydrogen-bond acceptors (Lipinski definition) is 6. The molecule has 1 amide bonds. The van der Waals surface area contributed by atoms with Gasteiger partial charge in [-0.3, -0.25) is 4.79 Å². The quantitative estimate of drug-likeness (QED) is 0.692. The summed E-state index contributed by atoms with van der Waals surface area (Å²) in [6.07, 6.45) is 0. The second-order valence-electron chi connectivity index (χ2n) is 5.83. The van der Waals surface area contributed by atoms with Crippen LogP contribution in [0, 0.1) is 0 Å². The second kappa shape index (κ2) is 7.67. The Morgan fingerprint density at radius 2 is 2.12 bits per heavy atom. The van der Waals surface area contributed by atoms with Gasteiger partial charge in [0.05, 0.1) is 17.5 Å². The Bertz CT molecular complexity index is 873. The molecule has 0 spiro atoms. The minimum atomic E-state index is -3.14. The third-order valence-corrected chi connectivity index (χ3v) is 7.53. The fourth-order valence-corrected chi connectivity index (χ4v) is 7.18. The van der Waals surface area contributed by atoms with Gasteiger partial charge in [-0.2, -0.15) is 4.99 Å². The highest BCUT2D eigenvalue weighted by molar-refractivity contribution is 9.10. The summed E-state index contributed by atoms with van der Waals surface area (Å²) in [7, 11) is -3.14. The van der Waals surface area contributed by atoms with Crippen LogP contribution in [0.25, 0.3) is 0 Å². The van der Waals surface area contributed by atoms with Crippen LogP contribution in [0.15, 0.2) is 33.7 Å². The van der Waals surface area contributed by atoms with Gasteiger partial charge in [-0.25, -0.2) is 13.2 Å². The zero-order valence-electron chi connectivity index (χ0n) is 13.4. The number of hydrogen-bond donors (Lipinski definition) is 1. The predicted molar refractivity (Wildman–Crippen MR) is 101 cm³/mol. The Hall–Kier alpha value is -1.43.